The van der Waals surface area contributed by atoms with Gasteiger partial charge in [0.1, 0.15) is 17.1 Å². The van der Waals surface area contributed by atoms with Crippen LogP contribution in [0.2, 0.25) is 0 Å². The van der Waals surface area contributed by atoms with Crippen molar-refractivity contribution in [2.75, 3.05) is 0 Å². The Morgan fingerprint density at radius 3 is 2.44 bits per heavy atom. The number of aryl methyl sites for hydroxylation is 1. The van der Waals surface area contributed by atoms with Gasteiger partial charge < -0.3 is 14.6 Å². The van der Waals surface area contributed by atoms with Gasteiger partial charge in [-0.3, -0.25) is 4.79 Å². The van der Waals surface area contributed by atoms with Crippen LogP contribution in [-0.2, 0) is 12.8 Å². The summed E-state index contributed by atoms with van der Waals surface area (Å²) < 4.78 is 5.33. The molecule has 0 aliphatic rings. The molecule has 0 fully saturated rings. The van der Waals surface area contributed by atoms with E-state index < -0.39 is 5.63 Å². The molecule has 0 amide bonds. The average molecular weight is 372 g/mol. The Morgan fingerprint density at radius 1 is 1.22 bits per heavy atom. The van der Waals surface area contributed by atoms with Gasteiger partial charge in [-0.2, -0.15) is 0 Å². The van der Waals surface area contributed by atoms with Crippen LogP contribution in [0.25, 0.3) is 11.0 Å². The maximum absolute atomic E-state index is 13.0. The Labute approximate surface area is 159 Å². The van der Waals surface area contributed by atoms with Crippen molar-refractivity contribution >= 4 is 16.8 Å². The monoisotopic (exact) mass is 372 g/mol. The average Bonchev–Trinajstić information content (AvgIpc) is 2.60. The second-order valence-corrected chi connectivity index (χ2v) is 7.25. The maximum atomic E-state index is 13.0. The van der Waals surface area contributed by atoms with Crippen molar-refractivity contribution in [2.24, 2.45) is 5.92 Å². The van der Waals surface area contributed by atoms with Crippen molar-refractivity contribution in [2.45, 2.75) is 60.3 Å². The van der Waals surface area contributed by atoms with Gasteiger partial charge in [0.2, 0.25) is 0 Å². The Kier molecular flexibility index (Phi) is 6.47. The van der Waals surface area contributed by atoms with Crippen LogP contribution in [0, 0.1) is 5.92 Å². The molecule has 5 nitrogen and oxygen atoms in total. The summed E-state index contributed by atoms with van der Waals surface area (Å²) in [5.41, 5.74) is 1.30. The van der Waals surface area contributed by atoms with E-state index in [4.69, 9.17) is 4.42 Å². The second-order valence-electron chi connectivity index (χ2n) is 7.25. The number of carbonyl (C=O) groups is 1. The number of aromatic hydroxyl groups is 2. The molecule has 1 atom stereocenters. The van der Waals surface area contributed by atoms with E-state index in [0.29, 0.717) is 23.8 Å². The number of benzene rings is 1. The zero-order valence-corrected chi connectivity index (χ0v) is 16.7. The molecular weight excluding hydrogens is 344 g/mol. The van der Waals surface area contributed by atoms with Gasteiger partial charge in [0.05, 0.1) is 5.39 Å². The summed E-state index contributed by atoms with van der Waals surface area (Å²) in [5.74, 6) is -1.08. The Morgan fingerprint density at radius 2 is 1.89 bits per heavy atom. The predicted octanol–water partition coefficient (Wildman–Crippen LogP) is 4.89. The van der Waals surface area contributed by atoms with Gasteiger partial charge >= 0.3 is 5.63 Å². The highest BCUT2D eigenvalue weighted by atomic mass is 16.4. The summed E-state index contributed by atoms with van der Waals surface area (Å²) in [6, 6.07) is 1.35. The molecule has 0 saturated carbocycles. The lowest BCUT2D eigenvalue weighted by Gasteiger charge is -2.17. The fourth-order valence-electron chi connectivity index (χ4n) is 3.12. The van der Waals surface area contributed by atoms with Gasteiger partial charge in [-0.15, -0.1) is 0 Å². The maximum Gasteiger partial charge on any atom is 0.336 e. The number of phenolic OH excluding ortho intramolecular Hbond substituents is 2. The lowest BCUT2D eigenvalue weighted by Crippen LogP contribution is -2.14. The second kappa shape index (κ2) is 8.42. The number of rotatable bonds is 7. The molecule has 0 unspecified atom stereocenters. The number of phenols is 2. The van der Waals surface area contributed by atoms with Gasteiger partial charge in [0.25, 0.3) is 0 Å². The minimum Gasteiger partial charge on any atom is -0.507 e. The molecule has 0 aliphatic carbocycles. The smallest absolute Gasteiger partial charge is 0.336 e. The first-order valence-electron chi connectivity index (χ1n) is 9.43. The fraction of sp³-hybridized carbons (Fsp3) is 0.455. The lowest BCUT2D eigenvalue weighted by molar-refractivity contribution is 0.0925. The fourth-order valence-corrected chi connectivity index (χ4v) is 3.12. The SMILES string of the molecule is CCCc1cc(=O)oc2c(C(=O)[C@H](C)CC)c(O)c(CC=C(C)C)c(O)c12. The molecule has 1 heterocycles. The zero-order valence-electron chi connectivity index (χ0n) is 16.7. The van der Waals surface area contributed by atoms with E-state index in [9.17, 15) is 19.8 Å². The van der Waals surface area contributed by atoms with Crippen molar-refractivity contribution in [3.8, 4) is 11.5 Å². The highest BCUT2D eigenvalue weighted by Crippen LogP contribution is 2.42. The van der Waals surface area contributed by atoms with E-state index in [-0.39, 0.29) is 46.3 Å². The topological polar surface area (TPSA) is 87.7 Å². The molecular formula is C22H28O5. The molecule has 0 spiro atoms. The molecule has 1 aromatic heterocycles. The summed E-state index contributed by atoms with van der Waals surface area (Å²) in [4.78, 5) is 25.0. The van der Waals surface area contributed by atoms with E-state index in [1.807, 2.05) is 33.8 Å². The molecule has 2 aromatic rings. The van der Waals surface area contributed by atoms with Crippen LogP contribution in [0.4, 0.5) is 0 Å². The molecule has 2 N–H and O–H groups in total. The minimum absolute atomic E-state index is 0.00985. The molecule has 2 rings (SSSR count). The third kappa shape index (κ3) is 4.07. The Bertz CT molecular complexity index is 946. The quantitative estimate of drug-likeness (QED) is 0.410. The predicted molar refractivity (Wildman–Crippen MR) is 107 cm³/mol. The van der Waals surface area contributed by atoms with E-state index in [1.165, 1.54) is 6.07 Å². The first kappa shape index (κ1) is 20.7. The van der Waals surface area contributed by atoms with Gasteiger partial charge in [0, 0.05) is 17.5 Å². The summed E-state index contributed by atoms with van der Waals surface area (Å²) in [7, 11) is 0. The van der Waals surface area contributed by atoms with Gasteiger partial charge in [-0.25, -0.2) is 4.79 Å². The number of hydrogen-bond acceptors (Lipinski definition) is 5. The van der Waals surface area contributed by atoms with Crippen LogP contribution in [0.15, 0.2) is 26.9 Å². The molecule has 0 aliphatic heterocycles. The van der Waals surface area contributed by atoms with Crippen LogP contribution in [-0.4, -0.2) is 16.0 Å². The first-order chi connectivity index (χ1) is 12.7. The van der Waals surface area contributed by atoms with Crippen LogP contribution in [0.1, 0.15) is 68.9 Å². The number of allylic oxidation sites excluding steroid dienone is 2. The molecule has 1 aromatic carbocycles. The van der Waals surface area contributed by atoms with Crippen molar-refractivity contribution in [3.63, 3.8) is 0 Å². The number of carbonyl (C=O) groups excluding carboxylic acids is 1. The third-order valence-corrected chi connectivity index (χ3v) is 4.86. The van der Waals surface area contributed by atoms with Crippen LogP contribution >= 0.6 is 0 Å². The largest absolute Gasteiger partial charge is 0.507 e. The summed E-state index contributed by atoms with van der Waals surface area (Å²) in [6.45, 7) is 9.45. The number of Topliss-reactive ketones (excluding diaryl/α,β-unsaturated/α-hetero) is 1. The van der Waals surface area contributed by atoms with Crippen LogP contribution < -0.4 is 5.63 Å². The summed E-state index contributed by atoms with van der Waals surface area (Å²) >= 11 is 0. The standard InChI is InChI=1S/C22H28O5/c1-6-8-14-11-16(23)27-22-17(14)20(25)15(10-9-12(3)4)21(26)18(22)19(24)13(5)7-2/h9,11,13,25-26H,6-8,10H2,1-5H3/t13-/m1/s1. The van der Waals surface area contributed by atoms with Gasteiger partial charge in [-0.1, -0.05) is 38.8 Å². The van der Waals surface area contributed by atoms with Crippen molar-refractivity contribution in [3.05, 3.63) is 44.8 Å². The Balaban J connectivity index is 2.98. The normalized spacial score (nSPS) is 12.2. The van der Waals surface area contributed by atoms with Crippen LogP contribution in [0.5, 0.6) is 11.5 Å². The molecule has 0 bridgehead atoms. The van der Waals surface area contributed by atoms with E-state index in [0.717, 1.165) is 12.0 Å². The molecule has 0 saturated heterocycles. The summed E-state index contributed by atoms with van der Waals surface area (Å²) in [6.07, 6.45) is 4.05. The molecule has 27 heavy (non-hydrogen) atoms. The van der Waals surface area contributed by atoms with Gasteiger partial charge in [0.15, 0.2) is 11.4 Å². The molecule has 146 valence electrons. The van der Waals surface area contributed by atoms with Crippen molar-refractivity contribution in [1.29, 1.82) is 0 Å². The zero-order chi connectivity index (χ0) is 20.3. The molecule has 0 radical (unpaired) electrons. The first-order valence-corrected chi connectivity index (χ1v) is 9.43. The number of hydrogen-bond donors (Lipinski definition) is 2. The molecule has 5 heteroatoms. The third-order valence-electron chi connectivity index (χ3n) is 4.86. The highest BCUT2D eigenvalue weighted by Gasteiger charge is 2.28. The highest BCUT2D eigenvalue weighted by molar-refractivity contribution is 6.12. The lowest BCUT2D eigenvalue weighted by atomic mass is 9.89. The number of fused-ring (bicyclic) bond motifs is 1. The van der Waals surface area contributed by atoms with E-state index >= 15 is 0 Å². The van der Waals surface area contributed by atoms with Crippen molar-refractivity contribution < 1.29 is 19.4 Å². The number of ketones is 1. The minimum atomic E-state index is -0.597. The van der Waals surface area contributed by atoms with Crippen molar-refractivity contribution in [1.82, 2.24) is 0 Å². The van der Waals surface area contributed by atoms with E-state index in [2.05, 4.69) is 0 Å². The summed E-state index contributed by atoms with van der Waals surface area (Å²) in [5, 5.41) is 22.1. The van der Waals surface area contributed by atoms with Gasteiger partial charge in [-0.05, 0) is 38.7 Å². The Hall–Kier alpha value is -2.56. The van der Waals surface area contributed by atoms with E-state index in [1.54, 1.807) is 6.92 Å². The van der Waals surface area contributed by atoms with Crippen LogP contribution in [0.3, 0.4) is 0 Å².